The van der Waals surface area contributed by atoms with Crippen LogP contribution in [0.4, 0.5) is 11.5 Å². The average Bonchev–Trinajstić information content (AvgIpc) is 2.99. The van der Waals surface area contributed by atoms with E-state index in [0.717, 1.165) is 18.7 Å². The van der Waals surface area contributed by atoms with Crippen LogP contribution in [-0.4, -0.2) is 50.3 Å². The first-order valence-corrected chi connectivity index (χ1v) is 6.91. The van der Waals surface area contributed by atoms with Crippen molar-refractivity contribution in [2.75, 3.05) is 44.0 Å². The Hall–Kier alpha value is -1.66. The summed E-state index contributed by atoms with van der Waals surface area (Å²) in [6.07, 6.45) is 2.68. The Morgan fingerprint density at radius 2 is 2.40 bits per heavy atom. The summed E-state index contributed by atoms with van der Waals surface area (Å²) in [6.45, 7) is 2.09. The first-order chi connectivity index (χ1) is 9.62. The van der Waals surface area contributed by atoms with E-state index in [1.54, 1.807) is 6.20 Å². The number of hydrogen-bond donors (Lipinski definition) is 2. The highest BCUT2D eigenvalue weighted by Crippen LogP contribution is 2.36. The Morgan fingerprint density at radius 3 is 3.10 bits per heavy atom. The first kappa shape index (κ1) is 13.3. The summed E-state index contributed by atoms with van der Waals surface area (Å²) in [7, 11) is 3.91. The molecule has 2 aliphatic heterocycles. The maximum atomic E-state index is 12.5. The van der Waals surface area contributed by atoms with E-state index < -0.39 is 5.60 Å². The van der Waals surface area contributed by atoms with Gasteiger partial charge < -0.3 is 20.3 Å². The standard InChI is InChI=1S/C14H20N4O2/c1-18(2)11-3-4-12(16-8-11)17-13(19)14-9-15-7-10(14)5-6-20-14/h3-4,8,10,15H,5-7,9H2,1-2H3,(H,16,17,19)/t10-,14+/m1/s1. The second-order valence-electron chi connectivity index (χ2n) is 5.60. The van der Waals surface area contributed by atoms with Gasteiger partial charge in [-0.2, -0.15) is 0 Å². The molecule has 0 unspecified atom stereocenters. The summed E-state index contributed by atoms with van der Waals surface area (Å²) < 4.78 is 5.75. The Kier molecular flexibility index (Phi) is 3.35. The van der Waals surface area contributed by atoms with Crippen molar-refractivity contribution in [3.63, 3.8) is 0 Å². The molecule has 2 atom stereocenters. The van der Waals surface area contributed by atoms with Crippen LogP contribution in [0.5, 0.6) is 0 Å². The molecule has 6 nitrogen and oxygen atoms in total. The molecule has 2 fully saturated rings. The van der Waals surface area contributed by atoms with Crippen LogP contribution in [0.1, 0.15) is 6.42 Å². The van der Waals surface area contributed by atoms with E-state index in [1.807, 2.05) is 31.1 Å². The van der Waals surface area contributed by atoms with E-state index in [0.29, 0.717) is 19.0 Å². The predicted octanol–water partition coefficient (Wildman–Crippen LogP) is 0.465. The van der Waals surface area contributed by atoms with Gasteiger partial charge in [-0.3, -0.25) is 4.79 Å². The number of anilines is 2. The van der Waals surface area contributed by atoms with Crippen LogP contribution < -0.4 is 15.5 Å². The zero-order valence-corrected chi connectivity index (χ0v) is 11.8. The fourth-order valence-corrected chi connectivity index (χ4v) is 2.91. The minimum atomic E-state index is -0.706. The van der Waals surface area contributed by atoms with Crippen LogP contribution >= 0.6 is 0 Å². The van der Waals surface area contributed by atoms with Crippen LogP contribution in [0.2, 0.25) is 0 Å². The van der Waals surface area contributed by atoms with E-state index in [1.165, 1.54) is 0 Å². The number of nitrogens with one attached hydrogen (secondary N) is 2. The molecule has 1 aromatic rings. The SMILES string of the molecule is CN(C)c1ccc(NC(=O)[C@]23CNC[C@H]2CCO3)nc1. The molecule has 0 aromatic carbocycles. The van der Waals surface area contributed by atoms with Gasteiger partial charge in [-0.1, -0.05) is 0 Å². The third kappa shape index (κ3) is 2.14. The molecule has 108 valence electrons. The first-order valence-electron chi connectivity index (χ1n) is 6.91. The molecule has 3 heterocycles. The van der Waals surface area contributed by atoms with Crippen molar-refractivity contribution in [1.29, 1.82) is 0 Å². The fraction of sp³-hybridized carbons (Fsp3) is 0.571. The lowest BCUT2D eigenvalue weighted by Gasteiger charge is -2.25. The van der Waals surface area contributed by atoms with Crippen molar-refractivity contribution in [3.8, 4) is 0 Å². The Morgan fingerprint density at radius 1 is 1.55 bits per heavy atom. The van der Waals surface area contributed by atoms with Gasteiger partial charge in [0.15, 0.2) is 5.60 Å². The van der Waals surface area contributed by atoms with E-state index in [9.17, 15) is 4.79 Å². The van der Waals surface area contributed by atoms with Gasteiger partial charge >= 0.3 is 0 Å². The maximum absolute atomic E-state index is 12.5. The van der Waals surface area contributed by atoms with Crippen LogP contribution in [0.15, 0.2) is 18.3 Å². The third-order valence-corrected chi connectivity index (χ3v) is 4.15. The third-order valence-electron chi connectivity index (χ3n) is 4.15. The van der Waals surface area contributed by atoms with Crippen molar-refractivity contribution < 1.29 is 9.53 Å². The quantitative estimate of drug-likeness (QED) is 0.840. The van der Waals surface area contributed by atoms with Gasteiger partial charge in [-0.25, -0.2) is 4.98 Å². The number of ether oxygens (including phenoxy) is 1. The van der Waals surface area contributed by atoms with Crippen molar-refractivity contribution in [2.45, 2.75) is 12.0 Å². The maximum Gasteiger partial charge on any atom is 0.259 e. The largest absolute Gasteiger partial charge is 0.376 e. The molecule has 0 spiro atoms. The number of fused-ring (bicyclic) bond motifs is 1. The van der Waals surface area contributed by atoms with Crippen molar-refractivity contribution in [3.05, 3.63) is 18.3 Å². The van der Waals surface area contributed by atoms with Crippen molar-refractivity contribution in [2.24, 2.45) is 5.92 Å². The van der Waals surface area contributed by atoms with Crippen LogP contribution in [0, 0.1) is 5.92 Å². The molecule has 1 aromatic heterocycles. The van der Waals surface area contributed by atoms with Crippen molar-refractivity contribution >= 4 is 17.4 Å². The summed E-state index contributed by atoms with van der Waals surface area (Å²) >= 11 is 0. The Labute approximate surface area is 118 Å². The second kappa shape index (κ2) is 5.03. The lowest BCUT2D eigenvalue weighted by molar-refractivity contribution is -0.135. The Bertz CT molecular complexity index is 490. The number of carbonyl (C=O) groups excluding carboxylic acids is 1. The molecule has 2 saturated heterocycles. The molecule has 0 aliphatic carbocycles. The number of pyridine rings is 1. The van der Waals surface area contributed by atoms with Gasteiger partial charge in [0, 0.05) is 39.7 Å². The number of nitrogens with zero attached hydrogens (tertiary/aromatic N) is 2. The molecule has 3 rings (SSSR count). The lowest BCUT2D eigenvalue weighted by Crippen LogP contribution is -2.48. The Balaban J connectivity index is 1.72. The summed E-state index contributed by atoms with van der Waals surface area (Å²) in [5, 5.41) is 6.12. The smallest absolute Gasteiger partial charge is 0.259 e. The molecule has 0 radical (unpaired) electrons. The lowest BCUT2D eigenvalue weighted by atomic mass is 9.90. The van der Waals surface area contributed by atoms with E-state index in [4.69, 9.17) is 4.74 Å². The number of aromatic nitrogens is 1. The second-order valence-corrected chi connectivity index (χ2v) is 5.60. The van der Waals surface area contributed by atoms with Gasteiger partial charge in [0.1, 0.15) is 5.82 Å². The highest BCUT2D eigenvalue weighted by molar-refractivity contribution is 5.97. The topological polar surface area (TPSA) is 66.5 Å². The minimum absolute atomic E-state index is 0.0879. The molecule has 1 amide bonds. The highest BCUT2D eigenvalue weighted by Gasteiger charge is 2.53. The zero-order chi connectivity index (χ0) is 14.2. The summed E-state index contributed by atoms with van der Waals surface area (Å²) in [5.74, 6) is 0.745. The molecular weight excluding hydrogens is 256 g/mol. The normalized spacial score (nSPS) is 28.2. The van der Waals surface area contributed by atoms with Gasteiger partial charge in [-0.05, 0) is 18.6 Å². The van der Waals surface area contributed by atoms with Gasteiger partial charge in [0.2, 0.25) is 0 Å². The van der Waals surface area contributed by atoms with Crippen molar-refractivity contribution in [1.82, 2.24) is 10.3 Å². The minimum Gasteiger partial charge on any atom is -0.376 e. The average molecular weight is 276 g/mol. The molecule has 20 heavy (non-hydrogen) atoms. The predicted molar refractivity (Wildman–Crippen MR) is 76.9 cm³/mol. The molecular formula is C14H20N4O2. The molecule has 0 saturated carbocycles. The number of rotatable bonds is 3. The van der Waals surface area contributed by atoms with E-state index in [-0.39, 0.29) is 11.8 Å². The summed E-state index contributed by atoms with van der Waals surface area (Å²) in [5.41, 5.74) is 0.292. The van der Waals surface area contributed by atoms with Crippen LogP contribution in [0.25, 0.3) is 0 Å². The number of carbonyl (C=O) groups is 1. The molecule has 6 heteroatoms. The monoisotopic (exact) mass is 276 g/mol. The highest BCUT2D eigenvalue weighted by atomic mass is 16.5. The van der Waals surface area contributed by atoms with Crippen LogP contribution in [0.3, 0.4) is 0 Å². The van der Waals surface area contributed by atoms with Crippen LogP contribution in [-0.2, 0) is 9.53 Å². The fourth-order valence-electron chi connectivity index (χ4n) is 2.91. The van der Waals surface area contributed by atoms with E-state index in [2.05, 4.69) is 15.6 Å². The number of amides is 1. The number of hydrogen-bond acceptors (Lipinski definition) is 5. The van der Waals surface area contributed by atoms with E-state index >= 15 is 0 Å². The van der Waals surface area contributed by atoms with Gasteiger partial charge in [-0.15, -0.1) is 0 Å². The zero-order valence-electron chi connectivity index (χ0n) is 11.8. The summed E-state index contributed by atoms with van der Waals surface area (Å²) in [6, 6.07) is 3.75. The molecule has 2 aliphatic rings. The van der Waals surface area contributed by atoms with Gasteiger partial charge in [0.25, 0.3) is 5.91 Å². The van der Waals surface area contributed by atoms with Gasteiger partial charge in [0.05, 0.1) is 11.9 Å². The summed E-state index contributed by atoms with van der Waals surface area (Å²) in [4.78, 5) is 18.7. The molecule has 0 bridgehead atoms. The molecule has 2 N–H and O–H groups in total.